The molecule has 0 aromatic carbocycles. The van der Waals surface area contributed by atoms with Crippen molar-refractivity contribution in [2.24, 2.45) is 7.05 Å². The van der Waals surface area contributed by atoms with Gasteiger partial charge in [-0.3, -0.25) is 9.69 Å². The van der Waals surface area contributed by atoms with Crippen LogP contribution in [0.15, 0.2) is 12.4 Å². The van der Waals surface area contributed by atoms with Crippen molar-refractivity contribution in [3.05, 3.63) is 18.2 Å². The van der Waals surface area contributed by atoms with E-state index in [2.05, 4.69) is 9.88 Å². The zero-order valence-electron chi connectivity index (χ0n) is 14.9. The maximum atomic E-state index is 12.6. The van der Waals surface area contributed by atoms with Crippen LogP contribution in [0.1, 0.15) is 50.8 Å². The van der Waals surface area contributed by atoms with Crippen LogP contribution in [0.25, 0.3) is 0 Å². The second kappa shape index (κ2) is 7.23. The lowest BCUT2D eigenvalue weighted by Gasteiger charge is -2.38. The van der Waals surface area contributed by atoms with Gasteiger partial charge in [-0.15, -0.1) is 0 Å². The van der Waals surface area contributed by atoms with Crippen LogP contribution in [0.4, 0.5) is 0 Å². The Kier molecular flexibility index (Phi) is 5.25. The monoisotopic (exact) mass is 334 g/mol. The molecule has 0 atom stereocenters. The summed E-state index contributed by atoms with van der Waals surface area (Å²) in [5.74, 6) is 0.942. The third-order valence-corrected chi connectivity index (χ3v) is 5.80. The maximum absolute atomic E-state index is 12.6. The number of aliphatic hydroxyl groups is 1. The third kappa shape index (κ3) is 3.64. The Hall–Kier alpha value is -1.40. The summed E-state index contributed by atoms with van der Waals surface area (Å²) in [6, 6.07) is 0.417. The first-order valence-corrected chi connectivity index (χ1v) is 9.18. The number of imidazole rings is 1. The molecule has 0 spiro atoms. The molecule has 2 aliphatic rings. The highest BCUT2D eigenvalue weighted by molar-refractivity contribution is 5.78. The number of likely N-dealkylation sites (tertiary alicyclic amines) is 1. The molecule has 6 heteroatoms. The Morgan fingerprint density at radius 1 is 1.33 bits per heavy atom. The van der Waals surface area contributed by atoms with Crippen molar-refractivity contribution in [1.82, 2.24) is 19.4 Å². The van der Waals surface area contributed by atoms with Gasteiger partial charge >= 0.3 is 0 Å². The highest BCUT2D eigenvalue weighted by Crippen LogP contribution is 2.31. The lowest BCUT2D eigenvalue weighted by atomic mass is 9.90. The molecular weight excluding hydrogens is 304 g/mol. The molecule has 6 nitrogen and oxygen atoms in total. The van der Waals surface area contributed by atoms with Gasteiger partial charge in [0.05, 0.1) is 6.54 Å². The van der Waals surface area contributed by atoms with Gasteiger partial charge in [0.25, 0.3) is 0 Å². The fourth-order valence-corrected chi connectivity index (χ4v) is 4.09. The van der Waals surface area contributed by atoms with Crippen molar-refractivity contribution in [3.63, 3.8) is 0 Å². The van der Waals surface area contributed by atoms with E-state index in [0.717, 1.165) is 31.8 Å². The molecule has 0 radical (unpaired) electrons. The smallest absolute Gasteiger partial charge is 0.236 e. The quantitative estimate of drug-likeness (QED) is 0.906. The predicted octanol–water partition coefficient (Wildman–Crippen LogP) is 1.49. The van der Waals surface area contributed by atoms with E-state index in [1.165, 1.54) is 19.3 Å². The Morgan fingerprint density at radius 2 is 2.00 bits per heavy atom. The standard InChI is InChI=1S/C18H30N4O2/c1-20-13-10-19-17(20)18(24)8-11-22(12-9-18)14-16(23)21(2)15-6-4-3-5-7-15/h10,13,15,24H,3-9,11-12,14H2,1-2H3. The average molecular weight is 334 g/mol. The van der Waals surface area contributed by atoms with E-state index in [4.69, 9.17) is 0 Å². The number of piperidine rings is 1. The van der Waals surface area contributed by atoms with Gasteiger partial charge in [0.1, 0.15) is 11.4 Å². The van der Waals surface area contributed by atoms with E-state index < -0.39 is 5.60 Å². The van der Waals surface area contributed by atoms with Crippen molar-refractivity contribution in [2.45, 2.75) is 56.6 Å². The van der Waals surface area contributed by atoms with Gasteiger partial charge in [-0.05, 0) is 25.7 Å². The maximum Gasteiger partial charge on any atom is 0.236 e. The number of hydrogen-bond acceptors (Lipinski definition) is 4. The van der Waals surface area contributed by atoms with Gasteiger partial charge in [0.15, 0.2) is 0 Å². The molecule has 2 heterocycles. The largest absolute Gasteiger partial charge is 0.382 e. The number of rotatable bonds is 4. The Labute approximate surface area is 144 Å². The SMILES string of the molecule is CN(C(=O)CN1CCC(O)(c2nccn2C)CC1)C1CCCCC1. The van der Waals surface area contributed by atoms with E-state index in [1.807, 2.05) is 29.8 Å². The van der Waals surface area contributed by atoms with Crippen LogP contribution in [0.2, 0.25) is 0 Å². The van der Waals surface area contributed by atoms with Gasteiger partial charge in [0.2, 0.25) is 5.91 Å². The summed E-state index contributed by atoms with van der Waals surface area (Å²) in [7, 11) is 3.86. The number of carbonyl (C=O) groups is 1. The zero-order chi connectivity index (χ0) is 17.2. The molecule has 1 saturated heterocycles. The van der Waals surface area contributed by atoms with Crippen molar-refractivity contribution in [1.29, 1.82) is 0 Å². The molecule has 1 aliphatic carbocycles. The summed E-state index contributed by atoms with van der Waals surface area (Å²) in [5, 5.41) is 10.9. The molecule has 0 bridgehead atoms. The van der Waals surface area contributed by atoms with Gasteiger partial charge in [0, 0.05) is 45.6 Å². The Bertz CT molecular complexity index is 557. The normalized spacial score (nSPS) is 22.5. The summed E-state index contributed by atoms with van der Waals surface area (Å²) < 4.78 is 1.89. The summed E-state index contributed by atoms with van der Waals surface area (Å²) in [4.78, 5) is 21.0. The van der Waals surface area contributed by atoms with Gasteiger partial charge in [-0.25, -0.2) is 4.98 Å². The first-order valence-electron chi connectivity index (χ1n) is 9.18. The lowest BCUT2D eigenvalue weighted by molar-refractivity contribution is -0.135. The molecule has 1 aromatic rings. The molecule has 1 aliphatic heterocycles. The van der Waals surface area contributed by atoms with Gasteiger partial charge in [-0.1, -0.05) is 19.3 Å². The number of amides is 1. The Morgan fingerprint density at radius 3 is 2.58 bits per heavy atom. The molecule has 1 saturated carbocycles. The van der Waals surface area contributed by atoms with E-state index in [9.17, 15) is 9.90 Å². The predicted molar refractivity (Wildman–Crippen MR) is 92.4 cm³/mol. The molecule has 1 N–H and O–H groups in total. The number of likely N-dealkylation sites (N-methyl/N-ethyl adjacent to an activating group) is 1. The molecule has 0 unspecified atom stereocenters. The first-order chi connectivity index (χ1) is 11.5. The molecule has 3 rings (SSSR count). The first kappa shape index (κ1) is 17.4. The number of aromatic nitrogens is 2. The Balaban J connectivity index is 1.51. The second-order valence-corrected chi connectivity index (χ2v) is 7.47. The molecule has 1 aromatic heterocycles. The third-order valence-electron chi connectivity index (χ3n) is 5.80. The van der Waals surface area contributed by atoms with Crippen molar-refractivity contribution < 1.29 is 9.90 Å². The highest BCUT2D eigenvalue weighted by atomic mass is 16.3. The van der Waals surface area contributed by atoms with Crippen LogP contribution in [0.3, 0.4) is 0 Å². The molecule has 1 amide bonds. The minimum absolute atomic E-state index is 0.212. The summed E-state index contributed by atoms with van der Waals surface area (Å²) in [6.07, 6.45) is 10.9. The number of carbonyl (C=O) groups excluding carboxylic acids is 1. The average Bonchev–Trinajstić information content (AvgIpc) is 3.04. The fraction of sp³-hybridized carbons (Fsp3) is 0.778. The fourth-order valence-electron chi connectivity index (χ4n) is 4.09. The highest BCUT2D eigenvalue weighted by Gasteiger charge is 2.37. The van der Waals surface area contributed by atoms with Crippen LogP contribution in [0, 0.1) is 0 Å². The summed E-state index contributed by atoms with van der Waals surface area (Å²) >= 11 is 0. The summed E-state index contributed by atoms with van der Waals surface area (Å²) in [5.41, 5.74) is -0.868. The minimum Gasteiger partial charge on any atom is -0.382 e. The van der Waals surface area contributed by atoms with Crippen LogP contribution >= 0.6 is 0 Å². The van der Waals surface area contributed by atoms with E-state index in [0.29, 0.717) is 25.4 Å². The van der Waals surface area contributed by atoms with Gasteiger partial charge in [-0.2, -0.15) is 0 Å². The van der Waals surface area contributed by atoms with E-state index in [1.54, 1.807) is 6.20 Å². The molecule has 24 heavy (non-hydrogen) atoms. The van der Waals surface area contributed by atoms with Crippen LogP contribution in [-0.2, 0) is 17.4 Å². The molecular formula is C18H30N4O2. The van der Waals surface area contributed by atoms with Crippen LogP contribution in [0.5, 0.6) is 0 Å². The topological polar surface area (TPSA) is 61.6 Å². The lowest BCUT2D eigenvalue weighted by Crippen LogP contribution is -2.49. The number of hydrogen-bond donors (Lipinski definition) is 1. The van der Waals surface area contributed by atoms with Crippen LogP contribution < -0.4 is 0 Å². The minimum atomic E-state index is -0.868. The van der Waals surface area contributed by atoms with Gasteiger partial charge < -0.3 is 14.6 Å². The van der Waals surface area contributed by atoms with E-state index in [-0.39, 0.29) is 5.91 Å². The second-order valence-electron chi connectivity index (χ2n) is 7.47. The van der Waals surface area contributed by atoms with Crippen molar-refractivity contribution >= 4 is 5.91 Å². The molecule has 134 valence electrons. The number of aryl methyl sites for hydroxylation is 1. The van der Waals surface area contributed by atoms with E-state index >= 15 is 0 Å². The van der Waals surface area contributed by atoms with Crippen molar-refractivity contribution in [2.75, 3.05) is 26.7 Å². The zero-order valence-corrected chi connectivity index (χ0v) is 14.9. The summed E-state index contributed by atoms with van der Waals surface area (Å²) in [6.45, 7) is 1.92. The van der Waals surface area contributed by atoms with Crippen LogP contribution in [-0.4, -0.2) is 63.1 Å². The molecule has 2 fully saturated rings. The number of nitrogens with zero attached hydrogens (tertiary/aromatic N) is 4. The van der Waals surface area contributed by atoms with Crippen molar-refractivity contribution in [3.8, 4) is 0 Å².